The van der Waals surface area contributed by atoms with Crippen molar-refractivity contribution in [3.63, 3.8) is 0 Å². The molecule has 0 aromatic rings. The minimum atomic E-state index is 0. The molecule has 0 radical (unpaired) electrons. The first kappa shape index (κ1) is 22.0. The lowest BCUT2D eigenvalue weighted by Crippen LogP contribution is -2.45. The van der Waals surface area contributed by atoms with Gasteiger partial charge in [0.05, 0.1) is 0 Å². The summed E-state index contributed by atoms with van der Waals surface area (Å²) in [7, 11) is 0. The van der Waals surface area contributed by atoms with Crippen LogP contribution in [-0.4, -0.2) is 74.2 Å². The molecule has 0 spiro atoms. The highest BCUT2D eigenvalue weighted by Crippen LogP contribution is 2.17. The summed E-state index contributed by atoms with van der Waals surface area (Å²) in [6, 6.07) is 0.675. The number of likely N-dealkylation sites (N-methyl/N-ethyl adjacent to an activating group) is 1. The van der Waals surface area contributed by atoms with Gasteiger partial charge in [0.1, 0.15) is 0 Å². The fraction of sp³-hybridized carbons (Fsp3) is 0.944. The van der Waals surface area contributed by atoms with Crippen molar-refractivity contribution in [2.45, 2.75) is 52.5 Å². The van der Waals surface area contributed by atoms with Crippen molar-refractivity contribution >= 4 is 29.9 Å². The number of nitrogens with zero attached hydrogens (tertiary/aromatic N) is 3. The summed E-state index contributed by atoms with van der Waals surface area (Å²) in [5, 5.41) is 6.99. The van der Waals surface area contributed by atoms with Gasteiger partial charge in [0, 0.05) is 32.2 Å². The fourth-order valence-corrected chi connectivity index (χ4v) is 3.91. The molecule has 0 aliphatic carbocycles. The summed E-state index contributed by atoms with van der Waals surface area (Å²) < 4.78 is 0. The molecule has 2 rings (SSSR count). The Labute approximate surface area is 166 Å². The van der Waals surface area contributed by atoms with Crippen molar-refractivity contribution in [2.24, 2.45) is 10.9 Å². The number of hydrogen-bond donors (Lipinski definition) is 2. The summed E-state index contributed by atoms with van der Waals surface area (Å²) in [5.41, 5.74) is 0. The molecule has 0 aromatic carbocycles. The van der Waals surface area contributed by atoms with Crippen LogP contribution in [0.25, 0.3) is 0 Å². The number of aliphatic imine (C=N–C) groups is 1. The molecule has 2 atom stereocenters. The first-order valence-electron chi connectivity index (χ1n) is 9.75. The molecule has 2 fully saturated rings. The predicted molar refractivity (Wildman–Crippen MR) is 115 cm³/mol. The Morgan fingerprint density at radius 1 is 1.04 bits per heavy atom. The number of rotatable bonds is 7. The predicted octanol–water partition coefficient (Wildman–Crippen LogP) is 2.38. The molecule has 2 saturated heterocycles. The third-order valence-corrected chi connectivity index (χ3v) is 5.31. The molecule has 0 amide bonds. The zero-order valence-electron chi connectivity index (χ0n) is 15.9. The fourth-order valence-electron chi connectivity index (χ4n) is 3.91. The standard InChI is InChI=1S/C18H37N5.HI/c1-4-19-18(21-14-17-10-8-12-23(17)6-3)20-13-16-9-7-11-22(5-2)15-16;/h16-17H,4-15H2,1-3H3,(H2,19,20,21);1H. The highest BCUT2D eigenvalue weighted by molar-refractivity contribution is 14.0. The lowest BCUT2D eigenvalue weighted by Gasteiger charge is -2.31. The molecular formula is C18H38IN5. The van der Waals surface area contributed by atoms with Crippen LogP contribution >= 0.6 is 24.0 Å². The molecule has 2 aliphatic heterocycles. The van der Waals surface area contributed by atoms with E-state index < -0.39 is 0 Å². The number of guanidine groups is 1. The molecule has 2 heterocycles. The van der Waals surface area contributed by atoms with Gasteiger partial charge in [-0.15, -0.1) is 24.0 Å². The normalized spacial score (nSPS) is 26.2. The van der Waals surface area contributed by atoms with E-state index in [1.807, 2.05) is 0 Å². The zero-order chi connectivity index (χ0) is 16.5. The average Bonchev–Trinajstić information content (AvgIpc) is 3.05. The van der Waals surface area contributed by atoms with Crippen LogP contribution in [0, 0.1) is 5.92 Å². The smallest absolute Gasteiger partial charge is 0.191 e. The van der Waals surface area contributed by atoms with Gasteiger partial charge in [-0.05, 0) is 64.7 Å². The second-order valence-electron chi connectivity index (χ2n) is 6.93. The Balaban J connectivity index is 0.00000288. The lowest BCUT2D eigenvalue weighted by molar-refractivity contribution is 0.186. The van der Waals surface area contributed by atoms with E-state index in [1.54, 1.807) is 0 Å². The third kappa shape index (κ3) is 7.04. The van der Waals surface area contributed by atoms with Gasteiger partial charge < -0.3 is 15.5 Å². The van der Waals surface area contributed by atoms with Crippen LogP contribution in [-0.2, 0) is 0 Å². The SMILES string of the molecule is CCNC(=NCC1CCCN(CC)C1)NCC1CCCN1CC.I. The van der Waals surface area contributed by atoms with E-state index >= 15 is 0 Å². The van der Waals surface area contributed by atoms with Gasteiger partial charge in [-0.2, -0.15) is 0 Å². The minimum absolute atomic E-state index is 0. The monoisotopic (exact) mass is 451 g/mol. The molecule has 5 nitrogen and oxygen atoms in total. The Bertz CT molecular complexity index is 363. The third-order valence-electron chi connectivity index (χ3n) is 5.31. The van der Waals surface area contributed by atoms with Crippen molar-refractivity contribution in [3.8, 4) is 0 Å². The maximum Gasteiger partial charge on any atom is 0.191 e. The molecule has 0 saturated carbocycles. The minimum Gasteiger partial charge on any atom is -0.357 e. The molecule has 0 aromatic heterocycles. The molecule has 24 heavy (non-hydrogen) atoms. The number of nitrogens with one attached hydrogen (secondary N) is 2. The second kappa shape index (κ2) is 12.3. The second-order valence-corrected chi connectivity index (χ2v) is 6.93. The van der Waals surface area contributed by atoms with E-state index in [0.29, 0.717) is 6.04 Å². The van der Waals surface area contributed by atoms with Crippen molar-refractivity contribution < 1.29 is 0 Å². The molecule has 2 N–H and O–H groups in total. The van der Waals surface area contributed by atoms with Crippen molar-refractivity contribution in [3.05, 3.63) is 0 Å². The van der Waals surface area contributed by atoms with Crippen molar-refractivity contribution in [2.75, 3.05) is 52.4 Å². The van der Waals surface area contributed by atoms with E-state index in [4.69, 9.17) is 4.99 Å². The number of hydrogen-bond acceptors (Lipinski definition) is 3. The van der Waals surface area contributed by atoms with Crippen LogP contribution in [0.15, 0.2) is 4.99 Å². The van der Waals surface area contributed by atoms with Crippen LogP contribution in [0.2, 0.25) is 0 Å². The maximum atomic E-state index is 4.87. The molecule has 2 aliphatic rings. The van der Waals surface area contributed by atoms with Crippen molar-refractivity contribution in [1.29, 1.82) is 0 Å². The Kier molecular flexibility index (Phi) is 11.3. The van der Waals surface area contributed by atoms with Crippen molar-refractivity contribution in [1.82, 2.24) is 20.4 Å². The van der Waals surface area contributed by atoms with Crippen LogP contribution in [0.3, 0.4) is 0 Å². The quantitative estimate of drug-likeness (QED) is 0.355. The average molecular weight is 451 g/mol. The summed E-state index contributed by atoms with van der Waals surface area (Å²) >= 11 is 0. The van der Waals surface area contributed by atoms with Crippen LogP contribution in [0.5, 0.6) is 0 Å². The van der Waals surface area contributed by atoms with Gasteiger partial charge in [0.2, 0.25) is 0 Å². The highest BCUT2D eigenvalue weighted by atomic mass is 127. The van der Waals surface area contributed by atoms with Gasteiger partial charge in [0.15, 0.2) is 5.96 Å². The highest BCUT2D eigenvalue weighted by Gasteiger charge is 2.23. The Morgan fingerprint density at radius 2 is 1.83 bits per heavy atom. The largest absolute Gasteiger partial charge is 0.357 e. The topological polar surface area (TPSA) is 42.9 Å². The van der Waals surface area contributed by atoms with Crippen LogP contribution in [0.4, 0.5) is 0 Å². The molecular weight excluding hydrogens is 413 g/mol. The van der Waals surface area contributed by atoms with E-state index in [0.717, 1.165) is 38.1 Å². The number of piperidine rings is 1. The number of halogens is 1. The van der Waals surface area contributed by atoms with Gasteiger partial charge in [0.25, 0.3) is 0 Å². The van der Waals surface area contributed by atoms with E-state index in [-0.39, 0.29) is 24.0 Å². The maximum absolute atomic E-state index is 4.87. The lowest BCUT2D eigenvalue weighted by atomic mass is 9.98. The van der Waals surface area contributed by atoms with Gasteiger partial charge >= 0.3 is 0 Å². The zero-order valence-corrected chi connectivity index (χ0v) is 18.2. The van der Waals surface area contributed by atoms with E-state index in [1.165, 1.54) is 51.9 Å². The van der Waals surface area contributed by atoms with Gasteiger partial charge in [-0.25, -0.2) is 0 Å². The number of likely N-dealkylation sites (tertiary alicyclic amines) is 2. The Morgan fingerprint density at radius 3 is 2.54 bits per heavy atom. The van der Waals surface area contributed by atoms with Gasteiger partial charge in [-0.3, -0.25) is 9.89 Å². The Hall–Kier alpha value is -0.0800. The molecule has 6 heteroatoms. The van der Waals surface area contributed by atoms with E-state index in [2.05, 4.69) is 41.2 Å². The summed E-state index contributed by atoms with van der Waals surface area (Å²) in [4.78, 5) is 10.0. The molecule has 2 unspecified atom stereocenters. The first-order valence-corrected chi connectivity index (χ1v) is 9.75. The summed E-state index contributed by atoms with van der Waals surface area (Å²) in [6.45, 7) is 15.6. The van der Waals surface area contributed by atoms with Crippen LogP contribution < -0.4 is 10.6 Å². The molecule has 0 bridgehead atoms. The molecule has 142 valence electrons. The van der Waals surface area contributed by atoms with Gasteiger partial charge in [-0.1, -0.05) is 13.8 Å². The first-order chi connectivity index (χ1) is 11.3. The summed E-state index contributed by atoms with van der Waals surface area (Å²) in [6.07, 6.45) is 5.30. The summed E-state index contributed by atoms with van der Waals surface area (Å²) in [5.74, 6) is 1.72. The van der Waals surface area contributed by atoms with Crippen LogP contribution in [0.1, 0.15) is 46.5 Å². The van der Waals surface area contributed by atoms with E-state index in [9.17, 15) is 0 Å².